The van der Waals surface area contributed by atoms with Gasteiger partial charge in [0.2, 0.25) is 0 Å². The van der Waals surface area contributed by atoms with Crippen molar-refractivity contribution in [1.82, 2.24) is 0 Å². The van der Waals surface area contributed by atoms with Gasteiger partial charge in [-0.3, -0.25) is 4.79 Å². The molecular weight excluding hydrogens is 215 g/mol. The van der Waals surface area contributed by atoms with Crippen LogP contribution in [0.1, 0.15) is 55.5 Å². The molecule has 0 N–H and O–H groups in total. The molecule has 0 heterocycles. The highest BCUT2D eigenvalue weighted by atomic mass is 19.1. The van der Waals surface area contributed by atoms with Crippen LogP contribution in [0.3, 0.4) is 0 Å². The van der Waals surface area contributed by atoms with Crippen molar-refractivity contribution in [3.8, 4) is 0 Å². The number of hydrogen-bond donors (Lipinski definition) is 0. The molecule has 1 nitrogen and oxygen atoms in total. The highest BCUT2D eigenvalue weighted by Gasteiger charge is 2.19. The van der Waals surface area contributed by atoms with Gasteiger partial charge in [0.05, 0.1) is 0 Å². The molecule has 17 heavy (non-hydrogen) atoms. The van der Waals surface area contributed by atoms with Gasteiger partial charge < -0.3 is 0 Å². The summed E-state index contributed by atoms with van der Waals surface area (Å²) in [7, 11) is 0. The zero-order valence-electron chi connectivity index (χ0n) is 10.9. The highest BCUT2D eigenvalue weighted by molar-refractivity contribution is 5.99. The average molecular weight is 236 g/mol. The van der Waals surface area contributed by atoms with Crippen molar-refractivity contribution in [1.29, 1.82) is 0 Å². The van der Waals surface area contributed by atoms with E-state index in [1.54, 1.807) is 6.07 Å². The number of unbranched alkanes of at least 4 members (excludes halogenated alkanes) is 1. The lowest BCUT2D eigenvalue weighted by atomic mass is 9.89. The highest BCUT2D eigenvalue weighted by Crippen LogP contribution is 2.21. The Morgan fingerprint density at radius 3 is 2.65 bits per heavy atom. The van der Waals surface area contributed by atoms with Crippen LogP contribution in [0, 0.1) is 18.7 Å². The minimum Gasteiger partial charge on any atom is -0.294 e. The summed E-state index contributed by atoms with van der Waals surface area (Å²) in [5.41, 5.74) is 1.42. The lowest BCUT2D eigenvalue weighted by Gasteiger charge is -2.14. The molecule has 2 heteroatoms. The third kappa shape index (κ3) is 3.65. The normalized spacial score (nSPS) is 12.5. The van der Waals surface area contributed by atoms with E-state index >= 15 is 0 Å². The van der Waals surface area contributed by atoms with Crippen LogP contribution in [0.2, 0.25) is 0 Å². The number of carbonyl (C=O) groups excluding carboxylic acids is 1. The Morgan fingerprint density at radius 1 is 1.35 bits per heavy atom. The maximum Gasteiger partial charge on any atom is 0.166 e. The second-order valence-corrected chi connectivity index (χ2v) is 4.57. The van der Waals surface area contributed by atoms with E-state index in [0.29, 0.717) is 5.56 Å². The fourth-order valence-electron chi connectivity index (χ4n) is 2.05. The molecule has 1 unspecified atom stereocenters. The number of carbonyl (C=O) groups is 1. The second-order valence-electron chi connectivity index (χ2n) is 4.57. The summed E-state index contributed by atoms with van der Waals surface area (Å²) in [4.78, 5) is 12.3. The van der Waals surface area contributed by atoms with Crippen LogP contribution in [0.15, 0.2) is 18.2 Å². The number of halogens is 1. The van der Waals surface area contributed by atoms with Crippen LogP contribution in [-0.4, -0.2) is 5.78 Å². The first-order valence-corrected chi connectivity index (χ1v) is 6.40. The Kier molecular flexibility index (Phi) is 5.33. The molecule has 1 atom stereocenters. The summed E-state index contributed by atoms with van der Waals surface area (Å²) < 4.78 is 13.2. The smallest absolute Gasteiger partial charge is 0.166 e. The molecule has 0 bridgehead atoms. The Labute approximate surface area is 103 Å². The van der Waals surface area contributed by atoms with Gasteiger partial charge in [0, 0.05) is 11.5 Å². The summed E-state index contributed by atoms with van der Waals surface area (Å²) in [5.74, 6) is -0.197. The first kappa shape index (κ1) is 13.9. The van der Waals surface area contributed by atoms with Crippen molar-refractivity contribution in [3.05, 3.63) is 35.1 Å². The molecular formula is C15H21FO. The summed E-state index contributed by atoms with van der Waals surface area (Å²) in [6.45, 7) is 6.00. The Hall–Kier alpha value is -1.18. The SMILES string of the molecule is CCCCC(CC)C(=O)c1cc(F)ccc1C. The molecule has 0 aliphatic heterocycles. The molecule has 0 saturated heterocycles. The number of aryl methyl sites for hydroxylation is 1. The maximum absolute atomic E-state index is 13.2. The Balaban J connectivity index is 2.89. The first-order chi connectivity index (χ1) is 8.10. The summed E-state index contributed by atoms with van der Waals surface area (Å²) >= 11 is 0. The van der Waals surface area contributed by atoms with Crippen LogP contribution >= 0.6 is 0 Å². The molecule has 0 radical (unpaired) electrons. The zero-order chi connectivity index (χ0) is 12.8. The molecule has 0 aliphatic carbocycles. The molecule has 0 saturated carbocycles. The fraction of sp³-hybridized carbons (Fsp3) is 0.533. The number of ketones is 1. The van der Waals surface area contributed by atoms with Crippen molar-refractivity contribution in [2.45, 2.75) is 46.5 Å². The monoisotopic (exact) mass is 236 g/mol. The molecule has 1 aromatic carbocycles. The molecule has 94 valence electrons. The van der Waals surface area contributed by atoms with Crippen molar-refractivity contribution in [3.63, 3.8) is 0 Å². The largest absolute Gasteiger partial charge is 0.294 e. The van der Waals surface area contributed by atoms with E-state index in [1.165, 1.54) is 12.1 Å². The van der Waals surface area contributed by atoms with E-state index in [2.05, 4.69) is 6.92 Å². The minimum atomic E-state index is -0.329. The van der Waals surface area contributed by atoms with Crippen LogP contribution in [0.5, 0.6) is 0 Å². The standard InChI is InChI=1S/C15H21FO/c1-4-6-7-12(5-2)15(17)14-10-13(16)9-8-11(14)3/h8-10,12H,4-7H2,1-3H3. The lowest BCUT2D eigenvalue weighted by molar-refractivity contribution is 0.0907. The minimum absolute atomic E-state index is 0.0375. The summed E-state index contributed by atoms with van der Waals surface area (Å²) in [6, 6.07) is 4.44. The number of hydrogen-bond acceptors (Lipinski definition) is 1. The Bertz CT molecular complexity index is 385. The number of Topliss-reactive ketones (excluding diaryl/α,β-unsaturated/α-hetero) is 1. The predicted octanol–water partition coefficient (Wildman–Crippen LogP) is 4.53. The Morgan fingerprint density at radius 2 is 2.06 bits per heavy atom. The topological polar surface area (TPSA) is 17.1 Å². The zero-order valence-corrected chi connectivity index (χ0v) is 10.9. The van der Waals surface area contributed by atoms with Crippen LogP contribution in [0.4, 0.5) is 4.39 Å². The van der Waals surface area contributed by atoms with Gasteiger partial charge in [-0.15, -0.1) is 0 Å². The average Bonchev–Trinajstić information content (AvgIpc) is 2.33. The molecule has 0 spiro atoms. The second kappa shape index (κ2) is 6.53. The van der Waals surface area contributed by atoms with Gasteiger partial charge in [0.1, 0.15) is 5.82 Å². The molecule has 1 aromatic rings. The molecule has 0 fully saturated rings. The molecule has 0 aromatic heterocycles. The van der Waals surface area contributed by atoms with Gasteiger partial charge in [0.25, 0.3) is 0 Å². The van der Waals surface area contributed by atoms with E-state index in [4.69, 9.17) is 0 Å². The quantitative estimate of drug-likeness (QED) is 0.663. The fourth-order valence-corrected chi connectivity index (χ4v) is 2.05. The van der Waals surface area contributed by atoms with Gasteiger partial charge in [-0.05, 0) is 37.5 Å². The van der Waals surface area contributed by atoms with E-state index < -0.39 is 0 Å². The summed E-state index contributed by atoms with van der Waals surface area (Å²) in [6.07, 6.45) is 3.88. The maximum atomic E-state index is 13.2. The van der Waals surface area contributed by atoms with Crippen LogP contribution in [0.25, 0.3) is 0 Å². The van der Waals surface area contributed by atoms with Crippen molar-refractivity contribution in [2.75, 3.05) is 0 Å². The third-order valence-electron chi connectivity index (χ3n) is 3.23. The number of benzene rings is 1. The number of rotatable bonds is 6. The van der Waals surface area contributed by atoms with Gasteiger partial charge >= 0.3 is 0 Å². The van der Waals surface area contributed by atoms with Gasteiger partial charge in [-0.1, -0.05) is 32.8 Å². The van der Waals surface area contributed by atoms with Crippen molar-refractivity contribution >= 4 is 5.78 Å². The van der Waals surface area contributed by atoms with Gasteiger partial charge in [-0.25, -0.2) is 4.39 Å². The molecule has 1 rings (SSSR count). The summed E-state index contributed by atoms with van der Waals surface area (Å²) in [5, 5.41) is 0. The van der Waals surface area contributed by atoms with E-state index in [-0.39, 0.29) is 17.5 Å². The van der Waals surface area contributed by atoms with E-state index in [1.807, 2.05) is 13.8 Å². The third-order valence-corrected chi connectivity index (χ3v) is 3.23. The predicted molar refractivity (Wildman–Crippen MR) is 68.8 cm³/mol. The van der Waals surface area contributed by atoms with Crippen molar-refractivity contribution in [2.24, 2.45) is 5.92 Å². The van der Waals surface area contributed by atoms with Crippen LogP contribution in [-0.2, 0) is 0 Å². The lowest BCUT2D eigenvalue weighted by Crippen LogP contribution is -2.15. The van der Waals surface area contributed by atoms with E-state index in [9.17, 15) is 9.18 Å². The molecule has 0 aliphatic rings. The van der Waals surface area contributed by atoms with Gasteiger partial charge in [0.15, 0.2) is 5.78 Å². The molecule has 0 amide bonds. The van der Waals surface area contributed by atoms with Gasteiger partial charge in [-0.2, -0.15) is 0 Å². The first-order valence-electron chi connectivity index (χ1n) is 6.40. The van der Waals surface area contributed by atoms with Crippen LogP contribution < -0.4 is 0 Å². The van der Waals surface area contributed by atoms with E-state index in [0.717, 1.165) is 31.2 Å². The van der Waals surface area contributed by atoms with Crippen molar-refractivity contribution < 1.29 is 9.18 Å².